The summed E-state index contributed by atoms with van der Waals surface area (Å²) in [5.74, 6) is 0. The van der Waals surface area contributed by atoms with Crippen LogP contribution in [0.4, 0.5) is 4.79 Å². The lowest BCUT2D eigenvalue weighted by atomic mass is 10.00. The highest BCUT2D eigenvalue weighted by molar-refractivity contribution is 5.66. The van der Waals surface area contributed by atoms with Crippen molar-refractivity contribution in [1.82, 2.24) is 15.1 Å². The van der Waals surface area contributed by atoms with Gasteiger partial charge in [-0.25, -0.2) is 4.79 Å². The standard InChI is InChI=1S/C18H35N3O2/c1-2-3-16-23-18(22)19-10-7-11-20-14-8-17(9-15-20)21-12-5-4-6-13-21/h17H,2-16H2,1H3,(H,19,22). The Kier molecular flexibility index (Phi) is 8.76. The van der Waals surface area contributed by atoms with Crippen LogP contribution in [-0.4, -0.2) is 67.8 Å². The molecule has 0 aromatic heterocycles. The topological polar surface area (TPSA) is 44.8 Å². The molecule has 2 saturated heterocycles. The molecule has 0 unspecified atom stereocenters. The van der Waals surface area contributed by atoms with E-state index in [9.17, 15) is 4.79 Å². The lowest BCUT2D eigenvalue weighted by Gasteiger charge is -2.40. The van der Waals surface area contributed by atoms with Gasteiger partial charge in [-0.05, 0) is 71.2 Å². The molecule has 0 aliphatic carbocycles. The van der Waals surface area contributed by atoms with Crippen LogP contribution in [0.25, 0.3) is 0 Å². The molecule has 1 amide bonds. The molecule has 0 bridgehead atoms. The van der Waals surface area contributed by atoms with Crippen molar-refractivity contribution < 1.29 is 9.53 Å². The lowest BCUT2D eigenvalue weighted by molar-refractivity contribution is 0.0919. The average Bonchev–Trinajstić information content (AvgIpc) is 2.60. The van der Waals surface area contributed by atoms with Gasteiger partial charge in [0.2, 0.25) is 0 Å². The summed E-state index contributed by atoms with van der Waals surface area (Å²) in [7, 11) is 0. The van der Waals surface area contributed by atoms with Gasteiger partial charge in [-0.3, -0.25) is 0 Å². The number of unbranched alkanes of at least 4 members (excludes halogenated alkanes) is 1. The van der Waals surface area contributed by atoms with Crippen molar-refractivity contribution in [3.8, 4) is 0 Å². The van der Waals surface area contributed by atoms with Crippen LogP contribution in [0.3, 0.4) is 0 Å². The van der Waals surface area contributed by atoms with E-state index in [4.69, 9.17) is 4.74 Å². The van der Waals surface area contributed by atoms with Crippen molar-refractivity contribution in [3.05, 3.63) is 0 Å². The maximum atomic E-state index is 11.4. The molecule has 0 aromatic rings. The molecule has 2 fully saturated rings. The zero-order valence-corrected chi connectivity index (χ0v) is 14.9. The summed E-state index contributed by atoms with van der Waals surface area (Å²) in [5.41, 5.74) is 0. The second-order valence-corrected chi connectivity index (χ2v) is 6.94. The van der Waals surface area contributed by atoms with Gasteiger partial charge in [0.1, 0.15) is 0 Å². The number of amides is 1. The third-order valence-electron chi connectivity index (χ3n) is 5.12. The van der Waals surface area contributed by atoms with E-state index in [-0.39, 0.29) is 6.09 Å². The number of rotatable bonds is 8. The first-order valence-corrected chi connectivity index (χ1v) is 9.66. The summed E-state index contributed by atoms with van der Waals surface area (Å²) < 4.78 is 5.09. The highest BCUT2D eigenvalue weighted by Gasteiger charge is 2.25. The van der Waals surface area contributed by atoms with E-state index >= 15 is 0 Å². The first kappa shape index (κ1) is 18.5. The minimum atomic E-state index is -0.262. The summed E-state index contributed by atoms with van der Waals surface area (Å²) in [6.45, 7) is 9.48. The molecule has 0 saturated carbocycles. The van der Waals surface area contributed by atoms with Crippen molar-refractivity contribution in [1.29, 1.82) is 0 Å². The van der Waals surface area contributed by atoms with Crippen LogP contribution in [-0.2, 0) is 4.74 Å². The fourth-order valence-corrected chi connectivity index (χ4v) is 3.64. The van der Waals surface area contributed by atoms with Crippen molar-refractivity contribution in [3.63, 3.8) is 0 Å². The largest absolute Gasteiger partial charge is 0.450 e. The van der Waals surface area contributed by atoms with Crippen LogP contribution in [0.1, 0.15) is 58.3 Å². The first-order chi connectivity index (χ1) is 11.3. The summed E-state index contributed by atoms with van der Waals surface area (Å²) >= 11 is 0. The summed E-state index contributed by atoms with van der Waals surface area (Å²) in [6, 6.07) is 0.818. The number of nitrogens with one attached hydrogen (secondary N) is 1. The highest BCUT2D eigenvalue weighted by atomic mass is 16.5. The lowest BCUT2D eigenvalue weighted by Crippen LogP contribution is -2.47. The van der Waals surface area contributed by atoms with Gasteiger partial charge in [-0.2, -0.15) is 0 Å². The van der Waals surface area contributed by atoms with Crippen LogP contribution >= 0.6 is 0 Å². The second kappa shape index (κ2) is 10.9. The van der Waals surface area contributed by atoms with Gasteiger partial charge in [-0.1, -0.05) is 19.8 Å². The van der Waals surface area contributed by atoms with E-state index in [0.29, 0.717) is 6.61 Å². The number of ether oxygens (including phenoxy) is 1. The Balaban J connectivity index is 1.49. The molecular weight excluding hydrogens is 290 g/mol. The molecule has 0 aromatic carbocycles. The number of hydrogen-bond acceptors (Lipinski definition) is 4. The van der Waals surface area contributed by atoms with Gasteiger partial charge < -0.3 is 19.9 Å². The van der Waals surface area contributed by atoms with Crippen LogP contribution in [0.5, 0.6) is 0 Å². The molecule has 23 heavy (non-hydrogen) atoms. The van der Waals surface area contributed by atoms with Gasteiger partial charge in [0.15, 0.2) is 0 Å². The number of carbonyl (C=O) groups excluding carboxylic acids is 1. The molecule has 5 heteroatoms. The van der Waals surface area contributed by atoms with E-state index in [1.54, 1.807) is 0 Å². The molecule has 2 aliphatic heterocycles. The Hall–Kier alpha value is -0.810. The highest BCUT2D eigenvalue weighted by Crippen LogP contribution is 2.20. The van der Waals surface area contributed by atoms with Crippen molar-refractivity contribution in [2.75, 3.05) is 45.9 Å². The number of piperidine rings is 2. The molecule has 0 atom stereocenters. The molecule has 2 rings (SSSR count). The minimum absolute atomic E-state index is 0.262. The van der Waals surface area contributed by atoms with E-state index in [2.05, 4.69) is 22.0 Å². The number of alkyl carbamates (subject to hydrolysis) is 1. The van der Waals surface area contributed by atoms with E-state index < -0.39 is 0 Å². The maximum absolute atomic E-state index is 11.4. The quantitative estimate of drug-likeness (QED) is 0.697. The van der Waals surface area contributed by atoms with Gasteiger partial charge in [0.05, 0.1) is 6.61 Å². The number of carbonyl (C=O) groups is 1. The van der Waals surface area contributed by atoms with Crippen molar-refractivity contribution >= 4 is 6.09 Å². The number of hydrogen-bond donors (Lipinski definition) is 1. The Morgan fingerprint density at radius 3 is 2.52 bits per heavy atom. The molecule has 2 aliphatic rings. The Morgan fingerprint density at radius 2 is 1.83 bits per heavy atom. The second-order valence-electron chi connectivity index (χ2n) is 6.94. The van der Waals surface area contributed by atoms with Gasteiger partial charge in [0.25, 0.3) is 0 Å². The normalized spacial score (nSPS) is 21.3. The zero-order chi connectivity index (χ0) is 16.3. The summed E-state index contributed by atoms with van der Waals surface area (Å²) in [5, 5.41) is 2.85. The molecule has 134 valence electrons. The Labute approximate surface area is 141 Å². The van der Waals surface area contributed by atoms with Crippen molar-refractivity contribution in [2.45, 2.75) is 64.3 Å². The third-order valence-corrected chi connectivity index (χ3v) is 5.12. The minimum Gasteiger partial charge on any atom is -0.450 e. The molecule has 0 spiro atoms. The van der Waals surface area contributed by atoms with Crippen molar-refractivity contribution in [2.24, 2.45) is 0 Å². The van der Waals surface area contributed by atoms with E-state index in [1.165, 1.54) is 58.3 Å². The van der Waals surface area contributed by atoms with E-state index in [1.807, 2.05) is 0 Å². The van der Waals surface area contributed by atoms with Crippen LogP contribution < -0.4 is 5.32 Å². The molecule has 1 N–H and O–H groups in total. The maximum Gasteiger partial charge on any atom is 0.407 e. The molecule has 2 heterocycles. The number of likely N-dealkylation sites (tertiary alicyclic amines) is 2. The fourth-order valence-electron chi connectivity index (χ4n) is 3.64. The fraction of sp³-hybridized carbons (Fsp3) is 0.944. The van der Waals surface area contributed by atoms with Gasteiger partial charge in [-0.15, -0.1) is 0 Å². The van der Waals surface area contributed by atoms with Gasteiger partial charge in [0, 0.05) is 12.6 Å². The molecule has 0 radical (unpaired) electrons. The van der Waals surface area contributed by atoms with Crippen LogP contribution in [0.2, 0.25) is 0 Å². The molecule has 5 nitrogen and oxygen atoms in total. The Morgan fingerprint density at radius 1 is 1.09 bits per heavy atom. The monoisotopic (exact) mass is 325 g/mol. The molecular formula is C18H35N3O2. The predicted octanol–water partition coefficient (Wildman–Crippen LogP) is 2.85. The van der Waals surface area contributed by atoms with E-state index in [0.717, 1.165) is 38.4 Å². The zero-order valence-electron chi connectivity index (χ0n) is 14.9. The van der Waals surface area contributed by atoms with Gasteiger partial charge >= 0.3 is 6.09 Å². The third kappa shape index (κ3) is 7.08. The smallest absolute Gasteiger partial charge is 0.407 e. The first-order valence-electron chi connectivity index (χ1n) is 9.66. The summed E-state index contributed by atoms with van der Waals surface area (Å²) in [6.07, 6.45) is 9.57. The predicted molar refractivity (Wildman–Crippen MR) is 93.8 cm³/mol. The number of nitrogens with zero attached hydrogens (tertiary/aromatic N) is 2. The van der Waals surface area contributed by atoms with Crippen LogP contribution in [0, 0.1) is 0 Å². The van der Waals surface area contributed by atoms with Crippen LogP contribution in [0.15, 0.2) is 0 Å². The average molecular weight is 325 g/mol. The Bertz CT molecular complexity index is 324. The SMILES string of the molecule is CCCCOC(=O)NCCCN1CCC(N2CCCCC2)CC1. The summed E-state index contributed by atoms with van der Waals surface area (Å²) in [4.78, 5) is 16.7.